The van der Waals surface area contributed by atoms with E-state index in [1.807, 2.05) is 18.2 Å². The molecule has 0 spiro atoms. The minimum Gasteiger partial charge on any atom is -0.357 e. The second kappa shape index (κ2) is 5.63. The summed E-state index contributed by atoms with van der Waals surface area (Å²) in [7, 11) is 0. The molecule has 0 amide bonds. The van der Waals surface area contributed by atoms with Gasteiger partial charge in [-0.15, -0.1) is 0 Å². The van der Waals surface area contributed by atoms with Crippen molar-refractivity contribution in [2.75, 3.05) is 18.0 Å². The normalized spacial score (nSPS) is 16.4. The highest BCUT2D eigenvalue weighted by Crippen LogP contribution is 2.25. The van der Waals surface area contributed by atoms with Crippen LogP contribution in [-0.2, 0) is 0 Å². The largest absolute Gasteiger partial charge is 0.357 e. The fraction of sp³-hybridized carbons (Fsp3) is 0.353. The minimum absolute atomic E-state index is 0.101. The molecule has 1 atom stereocenters. The highest BCUT2D eigenvalue weighted by molar-refractivity contribution is 5.44. The Morgan fingerprint density at radius 3 is 2.40 bits per heavy atom. The molecule has 3 rings (SSSR count). The van der Waals surface area contributed by atoms with Gasteiger partial charge in [0.15, 0.2) is 0 Å². The van der Waals surface area contributed by atoms with E-state index in [0.29, 0.717) is 0 Å². The van der Waals surface area contributed by atoms with E-state index < -0.39 is 0 Å². The molecule has 20 heavy (non-hydrogen) atoms. The van der Waals surface area contributed by atoms with Crippen LogP contribution in [0.3, 0.4) is 0 Å². The summed E-state index contributed by atoms with van der Waals surface area (Å²) in [6.07, 6.45) is 2.54. The van der Waals surface area contributed by atoms with Gasteiger partial charge in [-0.2, -0.15) is 0 Å². The van der Waals surface area contributed by atoms with Gasteiger partial charge in [0.2, 0.25) is 0 Å². The minimum atomic E-state index is -0.101. The number of benzene rings is 1. The summed E-state index contributed by atoms with van der Waals surface area (Å²) in [4.78, 5) is 7.10. The number of hydrogen-bond acceptors (Lipinski definition) is 3. The van der Waals surface area contributed by atoms with Crippen LogP contribution in [0.15, 0.2) is 42.5 Å². The molecule has 1 fully saturated rings. The lowest BCUT2D eigenvalue weighted by atomic mass is 9.98. The summed E-state index contributed by atoms with van der Waals surface area (Å²) in [5.41, 5.74) is 9.64. The Bertz CT molecular complexity index is 574. The molecule has 0 saturated carbocycles. The van der Waals surface area contributed by atoms with Crippen molar-refractivity contribution in [2.24, 2.45) is 5.73 Å². The van der Waals surface area contributed by atoms with E-state index >= 15 is 0 Å². The second-order valence-corrected chi connectivity index (χ2v) is 5.43. The Morgan fingerprint density at radius 1 is 1.05 bits per heavy atom. The first kappa shape index (κ1) is 13.1. The molecule has 2 N–H and O–H groups in total. The molecule has 0 aliphatic carbocycles. The van der Waals surface area contributed by atoms with Crippen molar-refractivity contribution in [1.29, 1.82) is 0 Å². The molecule has 104 valence electrons. The average molecular weight is 267 g/mol. The maximum Gasteiger partial charge on any atom is 0.128 e. The van der Waals surface area contributed by atoms with Gasteiger partial charge in [0.05, 0.1) is 6.04 Å². The number of nitrogens with zero attached hydrogens (tertiary/aromatic N) is 2. The van der Waals surface area contributed by atoms with Crippen molar-refractivity contribution in [1.82, 2.24) is 4.98 Å². The van der Waals surface area contributed by atoms with Gasteiger partial charge in [0.1, 0.15) is 5.82 Å². The van der Waals surface area contributed by atoms with Gasteiger partial charge in [0.25, 0.3) is 0 Å². The fourth-order valence-electron chi connectivity index (χ4n) is 2.85. The lowest BCUT2D eigenvalue weighted by Crippen LogP contribution is -2.20. The molecule has 3 nitrogen and oxygen atoms in total. The Balaban J connectivity index is 1.87. The molecule has 0 bridgehead atoms. The molecule has 1 aromatic heterocycles. The quantitative estimate of drug-likeness (QED) is 0.929. The van der Waals surface area contributed by atoms with Gasteiger partial charge >= 0.3 is 0 Å². The first-order valence-corrected chi connectivity index (χ1v) is 7.29. The summed E-state index contributed by atoms with van der Waals surface area (Å²) in [5, 5.41) is 0. The third-order valence-electron chi connectivity index (χ3n) is 4.04. The molecule has 2 heterocycles. The Labute approximate surface area is 120 Å². The summed E-state index contributed by atoms with van der Waals surface area (Å²) >= 11 is 0. The van der Waals surface area contributed by atoms with E-state index in [-0.39, 0.29) is 6.04 Å². The van der Waals surface area contributed by atoms with Gasteiger partial charge < -0.3 is 10.6 Å². The van der Waals surface area contributed by atoms with Gasteiger partial charge in [-0.1, -0.05) is 36.4 Å². The predicted octanol–water partition coefficient (Wildman–Crippen LogP) is 3.04. The molecule has 3 heteroatoms. The number of aromatic nitrogens is 1. The van der Waals surface area contributed by atoms with Crippen LogP contribution in [0.4, 0.5) is 5.82 Å². The van der Waals surface area contributed by atoms with E-state index in [4.69, 9.17) is 10.7 Å². The standard InChI is InChI=1S/C17H21N3/c1-13-15(17(18)14-7-3-2-4-8-14)9-10-16(19-13)20-11-5-6-12-20/h2-4,7-10,17H,5-6,11-12,18H2,1H3/t17-/m1/s1. The molecular formula is C17H21N3. The third-order valence-corrected chi connectivity index (χ3v) is 4.04. The highest BCUT2D eigenvalue weighted by Gasteiger charge is 2.16. The zero-order valence-electron chi connectivity index (χ0n) is 11.9. The molecule has 1 saturated heterocycles. The predicted molar refractivity (Wildman–Crippen MR) is 82.9 cm³/mol. The SMILES string of the molecule is Cc1nc(N2CCCC2)ccc1[C@H](N)c1ccccc1. The topological polar surface area (TPSA) is 42.2 Å². The van der Waals surface area contributed by atoms with Crippen LogP contribution in [0.5, 0.6) is 0 Å². The molecule has 1 aromatic carbocycles. The third kappa shape index (κ3) is 2.54. The van der Waals surface area contributed by atoms with Crippen LogP contribution in [0, 0.1) is 6.92 Å². The second-order valence-electron chi connectivity index (χ2n) is 5.43. The van der Waals surface area contributed by atoms with Crippen molar-refractivity contribution in [3.63, 3.8) is 0 Å². The lowest BCUT2D eigenvalue weighted by Gasteiger charge is -2.20. The van der Waals surface area contributed by atoms with E-state index in [1.165, 1.54) is 12.8 Å². The first-order valence-electron chi connectivity index (χ1n) is 7.29. The zero-order chi connectivity index (χ0) is 13.9. The van der Waals surface area contributed by atoms with Crippen molar-refractivity contribution in [3.8, 4) is 0 Å². The molecule has 1 aliphatic heterocycles. The number of anilines is 1. The highest BCUT2D eigenvalue weighted by atomic mass is 15.2. The lowest BCUT2D eigenvalue weighted by molar-refractivity contribution is 0.839. The van der Waals surface area contributed by atoms with Crippen LogP contribution < -0.4 is 10.6 Å². The summed E-state index contributed by atoms with van der Waals surface area (Å²) in [6.45, 7) is 4.30. The molecule has 2 aromatic rings. The van der Waals surface area contributed by atoms with E-state index in [1.54, 1.807) is 0 Å². The number of aryl methyl sites for hydroxylation is 1. The van der Waals surface area contributed by atoms with Crippen LogP contribution in [-0.4, -0.2) is 18.1 Å². The van der Waals surface area contributed by atoms with Gasteiger partial charge in [-0.3, -0.25) is 0 Å². The average Bonchev–Trinajstić information content (AvgIpc) is 3.01. The summed E-state index contributed by atoms with van der Waals surface area (Å²) < 4.78 is 0. The van der Waals surface area contributed by atoms with Crippen LogP contribution in [0.25, 0.3) is 0 Å². The van der Waals surface area contributed by atoms with Crippen molar-refractivity contribution < 1.29 is 0 Å². The van der Waals surface area contributed by atoms with E-state index in [2.05, 4.69) is 36.1 Å². The van der Waals surface area contributed by atoms with Crippen molar-refractivity contribution >= 4 is 5.82 Å². The summed E-state index contributed by atoms with van der Waals surface area (Å²) in [5.74, 6) is 1.09. The van der Waals surface area contributed by atoms with Gasteiger partial charge in [0, 0.05) is 18.8 Å². The molecule has 0 radical (unpaired) electrons. The number of nitrogens with two attached hydrogens (primary N) is 1. The first-order chi connectivity index (χ1) is 9.75. The zero-order valence-corrected chi connectivity index (χ0v) is 11.9. The van der Waals surface area contributed by atoms with Crippen LogP contribution in [0.1, 0.15) is 35.7 Å². The fourth-order valence-corrected chi connectivity index (χ4v) is 2.85. The molecule has 1 aliphatic rings. The number of rotatable bonds is 3. The maximum atomic E-state index is 6.37. The molecular weight excluding hydrogens is 246 g/mol. The number of pyridine rings is 1. The van der Waals surface area contributed by atoms with Crippen molar-refractivity contribution in [2.45, 2.75) is 25.8 Å². The Hall–Kier alpha value is -1.87. The van der Waals surface area contributed by atoms with Crippen molar-refractivity contribution in [3.05, 3.63) is 59.3 Å². The smallest absolute Gasteiger partial charge is 0.128 e. The van der Waals surface area contributed by atoms with Gasteiger partial charge in [-0.25, -0.2) is 4.98 Å². The maximum absolute atomic E-state index is 6.37. The molecule has 0 unspecified atom stereocenters. The summed E-state index contributed by atoms with van der Waals surface area (Å²) in [6, 6.07) is 14.3. The Morgan fingerprint density at radius 2 is 1.75 bits per heavy atom. The number of hydrogen-bond donors (Lipinski definition) is 1. The Kier molecular flexibility index (Phi) is 3.70. The van der Waals surface area contributed by atoms with Gasteiger partial charge in [-0.05, 0) is 37.0 Å². The van der Waals surface area contributed by atoms with E-state index in [0.717, 1.165) is 35.7 Å². The van der Waals surface area contributed by atoms with Crippen LogP contribution >= 0.6 is 0 Å². The monoisotopic (exact) mass is 267 g/mol. The van der Waals surface area contributed by atoms with E-state index in [9.17, 15) is 0 Å². The van der Waals surface area contributed by atoms with Crippen LogP contribution in [0.2, 0.25) is 0 Å².